The molecule has 0 saturated carbocycles. The number of benzene rings is 2. The van der Waals surface area contributed by atoms with Crippen molar-refractivity contribution in [2.24, 2.45) is 0 Å². The van der Waals surface area contributed by atoms with Crippen molar-refractivity contribution in [2.75, 3.05) is 11.5 Å². The fourth-order valence-corrected chi connectivity index (χ4v) is 9.06. The largest absolute Gasteiger partial charge is 0.494 e. The van der Waals surface area contributed by atoms with E-state index in [-0.39, 0.29) is 83.5 Å². The Labute approximate surface area is 310 Å². The van der Waals surface area contributed by atoms with Crippen LogP contribution in [0.25, 0.3) is 22.2 Å². The number of rotatable bonds is 2. The van der Waals surface area contributed by atoms with Gasteiger partial charge in [0.1, 0.15) is 11.0 Å². The zero-order valence-electron chi connectivity index (χ0n) is 29.9. The van der Waals surface area contributed by atoms with Crippen LogP contribution in [0.5, 0.6) is 0 Å². The molecule has 7 rings (SSSR count). The van der Waals surface area contributed by atoms with Gasteiger partial charge in [0, 0.05) is 4.47 Å². The second kappa shape index (κ2) is 13.6. The van der Waals surface area contributed by atoms with Crippen LogP contribution in [-0.2, 0) is 23.3 Å². The van der Waals surface area contributed by atoms with Crippen molar-refractivity contribution in [2.45, 2.75) is 122 Å². The van der Waals surface area contributed by atoms with Gasteiger partial charge in [-0.2, -0.15) is 9.97 Å². The van der Waals surface area contributed by atoms with Crippen LogP contribution in [0.1, 0.15) is 90.5 Å². The van der Waals surface area contributed by atoms with Crippen LogP contribution in [0.2, 0.25) is 0 Å². The van der Waals surface area contributed by atoms with Gasteiger partial charge >= 0.3 is 129 Å². The Balaban J connectivity index is 0.000000169. The number of halogens is 2. The molecule has 3 aliphatic rings. The molecule has 49 heavy (non-hydrogen) atoms. The van der Waals surface area contributed by atoms with Crippen molar-refractivity contribution in [3.05, 3.63) is 40.9 Å². The van der Waals surface area contributed by atoms with E-state index in [4.69, 9.17) is 43.6 Å². The predicted octanol–water partition coefficient (Wildman–Crippen LogP) is 3.84. The van der Waals surface area contributed by atoms with Crippen molar-refractivity contribution < 1.29 is 53.1 Å². The fraction of sp³-hybridized carbons (Fsp3) is 0.576. The molecule has 0 atom stereocenters. The van der Waals surface area contributed by atoms with Crippen molar-refractivity contribution >= 4 is 74.4 Å². The molecule has 0 unspecified atom stereocenters. The van der Waals surface area contributed by atoms with Gasteiger partial charge in [0.2, 0.25) is 0 Å². The molecular weight excluding hydrogens is 804 g/mol. The number of hydrogen-bond donors (Lipinski definition) is 2. The van der Waals surface area contributed by atoms with E-state index >= 15 is 0 Å². The standard InChI is InChI=1S/C13H17BN2O3.C12H24B2IO3.C7H5BrN2O.CH4/c1-12(2)13(3,4)19-14(18-12)8-5-6-10-9(7-8)16-11(15)17-10;1-9(2)10(3,4)16-13(15-9)14-17-11(5,6)12(7,8)18-14;8-4-1-2-6-5(3-4)10-7(9)11-6;/h5-7H,1-4H3,(H2,15,16);1-8H3;1-3H,(H2,9,10);1H4/q;-1;;. The number of nitrogens with zero attached hydrogens (tertiary/aromatic N) is 2. The topological polar surface area (TPSA) is 150 Å². The summed E-state index contributed by atoms with van der Waals surface area (Å²) < 4.78 is 42.1. The van der Waals surface area contributed by atoms with E-state index in [1.54, 1.807) is 0 Å². The average Bonchev–Trinajstić information content (AvgIpc) is 3.66. The Bertz CT molecular complexity index is 1710. The number of anilines is 2. The minimum absolute atomic E-state index is 0. The maximum atomic E-state index is 6.23. The van der Waals surface area contributed by atoms with Gasteiger partial charge in [-0.05, 0) is 63.5 Å². The Morgan fingerprint density at radius 1 is 0.612 bits per heavy atom. The third-order valence-corrected chi connectivity index (χ3v) is 14.8. The Kier molecular flexibility index (Phi) is 11.1. The summed E-state index contributed by atoms with van der Waals surface area (Å²) in [4.78, 5) is 8.07. The molecule has 3 saturated heterocycles. The SMILES string of the molecule is C.CC1(C)OB(B2OC(C)(C)C(C)(C)[I-]2)OC1(C)C.CC1(C)OB(c2ccc3oc(N)nc3c2)OC1(C)C.Nc1nc2cc(Br)ccc2o1. The van der Waals surface area contributed by atoms with E-state index in [0.29, 0.717) is 16.7 Å². The van der Waals surface area contributed by atoms with E-state index in [9.17, 15) is 0 Å². The molecule has 0 amide bonds. The van der Waals surface area contributed by atoms with Gasteiger partial charge in [-0.1, -0.05) is 29.4 Å². The first kappa shape index (κ1) is 40.0. The van der Waals surface area contributed by atoms with Crippen LogP contribution < -0.4 is 37.9 Å². The number of alkyl halides is 1. The number of nitrogen functional groups attached to an aromatic ring is 2. The van der Waals surface area contributed by atoms with Gasteiger partial charge in [-0.25, -0.2) is 0 Å². The second-order valence-electron chi connectivity index (χ2n) is 15.2. The molecule has 2 aromatic carbocycles. The van der Waals surface area contributed by atoms with Crippen LogP contribution in [0, 0.1) is 0 Å². The van der Waals surface area contributed by atoms with E-state index in [1.807, 2.05) is 64.1 Å². The zero-order chi connectivity index (χ0) is 35.7. The number of hydrogen-bond acceptors (Lipinski definition) is 11. The first-order chi connectivity index (χ1) is 21.9. The molecule has 2 aromatic heterocycles. The first-order valence-electron chi connectivity index (χ1n) is 15.9. The second-order valence-corrected chi connectivity index (χ2v) is 20.7. The van der Waals surface area contributed by atoms with Crippen molar-refractivity contribution in [1.82, 2.24) is 9.97 Å². The minimum Gasteiger partial charge on any atom is -0.424 e. The molecule has 11 nitrogen and oxygen atoms in total. The Hall–Kier alpha value is -1.82. The first-order valence-corrected chi connectivity index (χ1v) is 19.0. The Morgan fingerprint density at radius 2 is 1.06 bits per heavy atom. The van der Waals surface area contributed by atoms with Crippen LogP contribution in [0.15, 0.2) is 49.7 Å². The van der Waals surface area contributed by atoms with Crippen LogP contribution in [0.3, 0.4) is 0 Å². The maximum Gasteiger partial charge on any atom is 0.494 e. The third kappa shape index (κ3) is 8.15. The molecule has 16 heteroatoms. The monoisotopic (exact) mass is 853 g/mol. The van der Waals surface area contributed by atoms with Crippen LogP contribution in [-0.4, -0.2) is 60.2 Å². The fourth-order valence-electron chi connectivity index (χ4n) is 4.95. The summed E-state index contributed by atoms with van der Waals surface area (Å²) in [6.07, 6.45) is 0. The molecule has 3 fully saturated rings. The number of fused-ring (bicyclic) bond motifs is 2. The normalized spacial score (nSPS) is 22.5. The number of oxazole rings is 2. The number of aromatic nitrogens is 2. The average molecular weight is 854 g/mol. The maximum absolute atomic E-state index is 6.23. The molecule has 4 aromatic rings. The van der Waals surface area contributed by atoms with Crippen molar-refractivity contribution in [1.29, 1.82) is 0 Å². The van der Waals surface area contributed by atoms with Crippen molar-refractivity contribution in [3.8, 4) is 0 Å². The summed E-state index contributed by atoms with van der Waals surface area (Å²) >= 11 is 3.19. The molecule has 0 aliphatic carbocycles. The summed E-state index contributed by atoms with van der Waals surface area (Å²) in [7, 11) is -0.601. The predicted molar refractivity (Wildman–Crippen MR) is 198 cm³/mol. The zero-order valence-corrected chi connectivity index (χ0v) is 33.6. The molecule has 0 spiro atoms. The molecule has 4 N–H and O–H groups in total. The molecular formula is C33H50B3BrIN4O7-. The van der Waals surface area contributed by atoms with E-state index in [2.05, 4.69) is 81.3 Å². The van der Waals surface area contributed by atoms with Gasteiger partial charge in [-0.3, -0.25) is 0 Å². The molecule has 0 radical (unpaired) electrons. The molecule has 0 bridgehead atoms. The minimum atomic E-state index is -0.396. The van der Waals surface area contributed by atoms with Gasteiger partial charge in [0.25, 0.3) is 12.0 Å². The molecule has 5 heterocycles. The summed E-state index contributed by atoms with van der Waals surface area (Å²) in [5, 5.41) is 0. The van der Waals surface area contributed by atoms with E-state index in [0.717, 1.165) is 15.5 Å². The quantitative estimate of drug-likeness (QED) is 0.172. The van der Waals surface area contributed by atoms with Gasteiger partial charge in [0.15, 0.2) is 11.2 Å². The summed E-state index contributed by atoms with van der Waals surface area (Å²) in [5.41, 5.74) is 13.4. The van der Waals surface area contributed by atoms with Crippen LogP contribution >= 0.6 is 15.9 Å². The van der Waals surface area contributed by atoms with Gasteiger partial charge < -0.3 is 29.6 Å². The van der Waals surface area contributed by atoms with Crippen LogP contribution in [0.4, 0.5) is 12.0 Å². The molecule has 3 aliphatic heterocycles. The van der Waals surface area contributed by atoms with Gasteiger partial charge in [-0.15, -0.1) is 0 Å². The van der Waals surface area contributed by atoms with E-state index in [1.165, 1.54) is 0 Å². The molecule has 268 valence electrons. The van der Waals surface area contributed by atoms with Crippen molar-refractivity contribution in [3.63, 3.8) is 0 Å². The summed E-state index contributed by atoms with van der Waals surface area (Å²) in [5.74, 6) is 0. The number of nitrogens with two attached hydrogens (primary N) is 2. The summed E-state index contributed by atoms with van der Waals surface area (Å²) in [6, 6.07) is 11.6. The van der Waals surface area contributed by atoms with Gasteiger partial charge in [0.05, 0.1) is 11.2 Å². The Morgan fingerprint density at radius 3 is 1.53 bits per heavy atom. The smallest absolute Gasteiger partial charge is 0.424 e. The third-order valence-electron chi connectivity index (χ3n) is 10.0. The summed E-state index contributed by atoms with van der Waals surface area (Å²) in [6.45, 7) is 25.4. The van der Waals surface area contributed by atoms with E-state index < -0.39 is 7.12 Å².